The first-order chi connectivity index (χ1) is 9.61. The lowest BCUT2D eigenvalue weighted by Crippen LogP contribution is -2.53. The van der Waals surface area contributed by atoms with E-state index >= 15 is 0 Å². The van der Waals surface area contributed by atoms with E-state index in [1.165, 1.54) is 11.9 Å². The standard InChI is InChI=1S/C15H21N5/c1-10-6-20(7-11(2)19-10)8-12-3-4-13-14(5-12)17-9-18-15(13)16/h3-5,9-11,19H,6-8H2,1-2H3,(H2,16,17,18)/t10-,11?/m0/s1. The van der Waals surface area contributed by atoms with Crippen molar-refractivity contribution in [3.63, 3.8) is 0 Å². The monoisotopic (exact) mass is 271 g/mol. The molecule has 1 aliphatic heterocycles. The predicted octanol–water partition coefficient (Wildman–Crippen LogP) is 1.39. The first-order valence-corrected chi connectivity index (χ1v) is 7.09. The lowest BCUT2D eigenvalue weighted by atomic mass is 10.1. The lowest BCUT2D eigenvalue weighted by molar-refractivity contribution is 0.166. The van der Waals surface area contributed by atoms with Gasteiger partial charge in [0.15, 0.2) is 0 Å². The Morgan fingerprint density at radius 2 is 2.00 bits per heavy atom. The first-order valence-electron chi connectivity index (χ1n) is 7.09. The molecule has 1 aromatic carbocycles. The number of nitrogens with zero attached hydrogens (tertiary/aromatic N) is 3. The molecule has 0 spiro atoms. The van der Waals surface area contributed by atoms with Crippen LogP contribution in [0.2, 0.25) is 0 Å². The maximum atomic E-state index is 5.86. The number of aromatic nitrogens is 2. The fraction of sp³-hybridized carbons (Fsp3) is 0.467. The summed E-state index contributed by atoms with van der Waals surface area (Å²) in [6.07, 6.45) is 1.52. The fourth-order valence-electron chi connectivity index (χ4n) is 3.05. The van der Waals surface area contributed by atoms with Crippen molar-refractivity contribution in [1.29, 1.82) is 0 Å². The molecule has 1 aliphatic rings. The van der Waals surface area contributed by atoms with E-state index in [1.807, 2.05) is 6.07 Å². The van der Waals surface area contributed by atoms with Crippen molar-refractivity contribution < 1.29 is 0 Å². The number of piperazine rings is 1. The number of benzene rings is 1. The van der Waals surface area contributed by atoms with E-state index in [9.17, 15) is 0 Å². The van der Waals surface area contributed by atoms with Crippen LogP contribution in [0.15, 0.2) is 24.5 Å². The van der Waals surface area contributed by atoms with Gasteiger partial charge in [-0.05, 0) is 31.5 Å². The van der Waals surface area contributed by atoms with Gasteiger partial charge in [0, 0.05) is 37.1 Å². The Hall–Kier alpha value is -1.72. The molecule has 2 atom stereocenters. The Morgan fingerprint density at radius 3 is 2.75 bits per heavy atom. The SMILES string of the molecule is CC1CN(Cc2ccc3c(N)ncnc3c2)C[C@H](C)N1. The Balaban J connectivity index is 1.81. The van der Waals surface area contributed by atoms with Crippen molar-refractivity contribution in [2.24, 2.45) is 0 Å². The number of hydrogen-bond acceptors (Lipinski definition) is 5. The third-order valence-corrected chi connectivity index (χ3v) is 3.77. The van der Waals surface area contributed by atoms with Gasteiger partial charge in [0.2, 0.25) is 0 Å². The van der Waals surface area contributed by atoms with Gasteiger partial charge in [-0.25, -0.2) is 9.97 Å². The molecule has 0 bridgehead atoms. The van der Waals surface area contributed by atoms with Crippen molar-refractivity contribution in [2.45, 2.75) is 32.5 Å². The number of nitrogens with two attached hydrogens (primary N) is 1. The van der Waals surface area contributed by atoms with Gasteiger partial charge in [-0.1, -0.05) is 6.07 Å². The van der Waals surface area contributed by atoms with Crippen LogP contribution < -0.4 is 11.1 Å². The molecule has 1 unspecified atom stereocenters. The second-order valence-corrected chi connectivity index (χ2v) is 5.77. The van der Waals surface area contributed by atoms with Crippen molar-refractivity contribution in [1.82, 2.24) is 20.2 Å². The summed E-state index contributed by atoms with van der Waals surface area (Å²) >= 11 is 0. The van der Waals surface area contributed by atoms with Crippen molar-refractivity contribution in [2.75, 3.05) is 18.8 Å². The number of fused-ring (bicyclic) bond motifs is 1. The van der Waals surface area contributed by atoms with Gasteiger partial charge in [-0.15, -0.1) is 0 Å². The largest absolute Gasteiger partial charge is 0.383 e. The van der Waals surface area contributed by atoms with E-state index in [4.69, 9.17) is 5.73 Å². The van der Waals surface area contributed by atoms with Crippen LogP contribution in [0.4, 0.5) is 5.82 Å². The molecule has 2 heterocycles. The second-order valence-electron chi connectivity index (χ2n) is 5.77. The van der Waals surface area contributed by atoms with Crippen LogP contribution in [-0.4, -0.2) is 40.0 Å². The molecule has 0 radical (unpaired) electrons. The van der Waals surface area contributed by atoms with E-state index in [0.29, 0.717) is 17.9 Å². The molecule has 1 aromatic heterocycles. The normalized spacial score (nSPS) is 24.1. The molecule has 3 rings (SSSR count). The molecule has 2 aromatic rings. The average Bonchev–Trinajstić information content (AvgIpc) is 2.37. The summed E-state index contributed by atoms with van der Waals surface area (Å²) in [5.74, 6) is 0.547. The number of hydrogen-bond donors (Lipinski definition) is 2. The van der Waals surface area contributed by atoms with Gasteiger partial charge in [0.05, 0.1) is 5.52 Å². The minimum atomic E-state index is 0.539. The zero-order valence-electron chi connectivity index (χ0n) is 12.0. The van der Waals surface area contributed by atoms with Crippen molar-refractivity contribution in [3.05, 3.63) is 30.1 Å². The molecule has 5 nitrogen and oxygen atoms in total. The fourth-order valence-corrected chi connectivity index (χ4v) is 3.05. The smallest absolute Gasteiger partial charge is 0.134 e. The molecule has 0 saturated carbocycles. The molecule has 106 valence electrons. The molecular weight excluding hydrogens is 250 g/mol. The molecule has 1 fully saturated rings. The van der Waals surface area contributed by atoms with Gasteiger partial charge in [0.25, 0.3) is 0 Å². The second kappa shape index (κ2) is 5.34. The Kier molecular flexibility index (Phi) is 3.54. The van der Waals surface area contributed by atoms with E-state index in [-0.39, 0.29) is 0 Å². The summed E-state index contributed by atoms with van der Waals surface area (Å²) < 4.78 is 0. The van der Waals surface area contributed by atoms with Gasteiger partial charge in [-0.2, -0.15) is 0 Å². The number of anilines is 1. The molecular formula is C15H21N5. The molecule has 3 N–H and O–H groups in total. The van der Waals surface area contributed by atoms with E-state index in [0.717, 1.165) is 30.5 Å². The minimum absolute atomic E-state index is 0.539. The Bertz CT molecular complexity index is 602. The summed E-state index contributed by atoms with van der Waals surface area (Å²) in [7, 11) is 0. The third kappa shape index (κ3) is 2.73. The van der Waals surface area contributed by atoms with Gasteiger partial charge < -0.3 is 11.1 Å². The average molecular weight is 271 g/mol. The highest BCUT2D eigenvalue weighted by Gasteiger charge is 2.20. The van der Waals surface area contributed by atoms with Crippen LogP contribution in [0.1, 0.15) is 19.4 Å². The van der Waals surface area contributed by atoms with Crippen LogP contribution in [0.3, 0.4) is 0 Å². The van der Waals surface area contributed by atoms with Crippen LogP contribution in [-0.2, 0) is 6.54 Å². The molecule has 5 heteroatoms. The highest BCUT2D eigenvalue weighted by Crippen LogP contribution is 2.19. The zero-order chi connectivity index (χ0) is 14.1. The molecule has 20 heavy (non-hydrogen) atoms. The van der Waals surface area contributed by atoms with Crippen molar-refractivity contribution in [3.8, 4) is 0 Å². The number of rotatable bonds is 2. The van der Waals surface area contributed by atoms with Gasteiger partial charge in [-0.3, -0.25) is 4.90 Å². The van der Waals surface area contributed by atoms with Gasteiger partial charge in [0.1, 0.15) is 12.1 Å². The van der Waals surface area contributed by atoms with E-state index in [1.54, 1.807) is 0 Å². The number of nitrogens with one attached hydrogen (secondary N) is 1. The summed E-state index contributed by atoms with van der Waals surface area (Å²) in [6.45, 7) is 7.58. The predicted molar refractivity (Wildman–Crippen MR) is 81.3 cm³/mol. The van der Waals surface area contributed by atoms with Crippen LogP contribution in [0, 0.1) is 0 Å². The van der Waals surface area contributed by atoms with E-state index < -0.39 is 0 Å². The van der Waals surface area contributed by atoms with Crippen LogP contribution >= 0.6 is 0 Å². The summed E-state index contributed by atoms with van der Waals surface area (Å²) in [6, 6.07) is 7.34. The summed E-state index contributed by atoms with van der Waals surface area (Å²) in [4.78, 5) is 10.8. The zero-order valence-corrected chi connectivity index (χ0v) is 12.0. The van der Waals surface area contributed by atoms with Crippen molar-refractivity contribution >= 4 is 16.7 Å². The summed E-state index contributed by atoms with van der Waals surface area (Å²) in [5, 5.41) is 4.48. The molecule has 0 amide bonds. The highest BCUT2D eigenvalue weighted by molar-refractivity contribution is 5.87. The topological polar surface area (TPSA) is 67.1 Å². The third-order valence-electron chi connectivity index (χ3n) is 3.77. The summed E-state index contributed by atoms with van der Waals surface area (Å²) in [5.41, 5.74) is 8.05. The quantitative estimate of drug-likeness (QED) is 0.864. The highest BCUT2D eigenvalue weighted by atomic mass is 15.2. The van der Waals surface area contributed by atoms with Crippen LogP contribution in [0.5, 0.6) is 0 Å². The van der Waals surface area contributed by atoms with Crippen LogP contribution in [0.25, 0.3) is 10.9 Å². The number of nitrogen functional groups attached to an aromatic ring is 1. The maximum Gasteiger partial charge on any atom is 0.134 e. The molecule has 0 aliphatic carbocycles. The Labute approximate surface area is 119 Å². The lowest BCUT2D eigenvalue weighted by Gasteiger charge is -2.36. The van der Waals surface area contributed by atoms with E-state index in [2.05, 4.69) is 46.2 Å². The first kappa shape index (κ1) is 13.3. The Morgan fingerprint density at radius 1 is 1.25 bits per heavy atom. The maximum absolute atomic E-state index is 5.86. The minimum Gasteiger partial charge on any atom is -0.383 e. The van der Waals surface area contributed by atoms with Gasteiger partial charge >= 0.3 is 0 Å². The molecule has 1 saturated heterocycles.